The van der Waals surface area contributed by atoms with E-state index in [0.717, 1.165) is 19.5 Å². The summed E-state index contributed by atoms with van der Waals surface area (Å²) in [6.45, 7) is 3.83. The minimum absolute atomic E-state index is 0.0525. The average Bonchev–Trinajstić information content (AvgIpc) is 2.33. The third-order valence-corrected chi connectivity index (χ3v) is 2.90. The second-order valence-corrected chi connectivity index (χ2v) is 4.69. The van der Waals surface area contributed by atoms with Crippen molar-refractivity contribution in [1.29, 1.82) is 0 Å². The van der Waals surface area contributed by atoms with Crippen molar-refractivity contribution in [3.05, 3.63) is 29.6 Å². The zero-order valence-electron chi connectivity index (χ0n) is 11.7. The molecule has 18 heavy (non-hydrogen) atoms. The molecule has 102 valence electrons. The molecular formula is C14H23FN2O. The summed E-state index contributed by atoms with van der Waals surface area (Å²) < 4.78 is 19.0. The molecule has 1 unspecified atom stereocenters. The first-order valence-electron chi connectivity index (χ1n) is 6.26. The molecular weight excluding hydrogens is 231 g/mol. The van der Waals surface area contributed by atoms with Crippen molar-refractivity contribution in [3.8, 4) is 5.75 Å². The standard InChI is InChI=1S/C14H23FN2O/c1-11(16-9-6-10-17(2)3)14-12(15)7-5-8-13(14)18-4/h5,7-8,11,16H,6,9-10H2,1-4H3. The van der Waals surface area contributed by atoms with Gasteiger partial charge >= 0.3 is 0 Å². The molecule has 4 heteroatoms. The van der Waals surface area contributed by atoms with Crippen LogP contribution in [0.1, 0.15) is 24.9 Å². The van der Waals surface area contributed by atoms with E-state index in [2.05, 4.69) is 10.2 Å². The van der Waals surface area contributed by atoms with Crippen molar-refractivity contribution in [2.24, 2.45) is 0 Å². The molecule has 1 atom stereocenters. The molecule has 0 spiro atoms. The first-order chi connectivity index (χ1) is 8.56. The zero-order valence-corrected chi connectivity index (χ0v) is 11.7. The number of hydrogen-bond donors (Lipinski definition) is 1. The van der Waals surface area contributed by atoms with Gasteiger partial charge in [-0.15, -0.1) is 0 Å². The van der Waals surface area contributed by atoms with Crippen molar-refractivity contribution in [2.45, 2.75) is 19.4 Å². The monoisotopic (exact) mass is 254 g/mol. The smallest absolute Gasteiger partial charge is 0.131 e. The third kappa shape index (κ3) is 4.27. The first kappa shape index (κ1) is 14.9. The minimum Gasteiger partial charge on any atom is -0.496 e. The van der Waals surface area contributed by atoms with E-state index in [1.165, 1.54) is 6.07 Å². The highest BCUT2D eigenvalue weighted by Crippen LogP contribution is 2.27. The van der Waals surface area contributed by atoms with Crippen LogP contribution >= 0.6 is 0 Å². The van der Waals surface area contributed by atoms with E-state index in [1.54, 1.807) is 19.2 Å². The van der Waals surface area contributed by atoms with E-state index in [4.69, 9.17) is 4.74 Å². The second-order valence-electron chi connectivity index (χ2n) is 4.69. The summed E-state index contributed by atoms with van der Waals surface area (Å²) in [6, 6.07) is 4.87. The van der Waals surface area contributed by atoms with Gasteiger partial charge < -0.3 is 15.0 Å². The molecule has 0 aliphatic carbocycles. The van der Waals surface area contributed by atoms with Gasteiger partial charge in [-0.1, -0.05) is 6.07 Å². The van der Waals surface area contributed by atoms with Gasteiger partial charge in [-0.2, -0.15) is 0 Å². The van der Waals surface area contributed by atoms with Crippen LogP contribution in [0.5, 0.6) is 5.75 Å². The fraction of sp³-hybridized carbons (Fsp3) is 0.571. The highest BCUT2D eigenvalue weighted by molar-refractivity contribution is 5.36. The largest absolute Gasteiger partial charge is 0.496 e. The van der Waals surface area contributed by atoms with E-state index in [1.807, 2.05) is 21.0 Å². The lowest BCUT2D eigenvalue weighted by Gasteiger charge is -2.18. The van der Waals surface area contributed by atoms with Gasteiger partial charge in [0.05, 0.1) is 7.11 Å². The Labute approximate surface area is 109 Å². The number of nitrogens with zero attached hydrogens (tertiary/aromatic N) is 1. The predicted octanol–water partition coefficient (Wildman–Crippen LogP) is 2.44. The zero-order chi connectivity index (χ0) is 13.5. The number of benzene rings is 1. The molecule has 0 amide bonds. The van der Waals surface area contributed by atoms with Gasteiger partial charge in [0.15, 0.2) is 0 Å². The molecule has 1 aromatic rings. The number of rotatable bonds is 7. The molecule has 0 bridgehead atoms. The van der Waals surface area contributed by atoms with E-state index in [9.17, 15) is 4.39 Å². The van der Waals surface area contributed by atoms with Gasteiger partial charge in [0.25, 0.3) is 0 Å². The van der Waals surface area contributed by atoms with Gasteiger partial charge in [0.1, 0.15) is 11.6 Å². The second kappa shape index (κ2) is 7.34. The predicted molar refractivity (Wildman–Crippen MR) is 72.5 cm³/mol. The van der Waals surface area contributed by atoms with Crippen LogP contribution in [0.3, 0.4) is 0 Å². The maximum atomic E-state index is 13.8. The van der Waals surface area contributed by atoms with E-state index in [0.29, 0.717) is 11.3 Å². The van der Waals surface area contributed by atoms with Crippen molar-refractivity contribution in [2.75, 3.05) is 34.3 Å². The molecule has 0 radical (unpaired) electrons. The fourth-order valence-electron chi connectivity index (χ4n) is 1.93. The van der Waals surface area contributed by atoms with Crippen LogP contribution in [-0.4, -0.2) is 39.2 Å². The Morgan fingerprint density at radius 2 is 2.11 bits per heavy atom. The summed E-state index contributed by atoms with van der Waals surface area (Å²) in [7, 11) is 5.66. The lowest BCUT2D eigenvalue weighted by atomic mass is 10.1. The Balaban J connectivity index is 2.58. The van der Waals surface area contributed by atoms with Crippen LogP contribution in [0.15, 0.2) is 18.2 Å². The molecule has 1 aromatic carbocycles. The number of halogens is 1. The SMILES string of the molecule is COc1cccc(F)c1C(C)NCCCN(C)C. The summed E-state index contributed by atoms with van der Waals surface area (Å²) >= 11 is 0. The van der Waals surface area contributed by atoms with Crippen molar-refractivity contribution in [3.63, 3.8) is 0 Å². The Hall–Kier alpha value is -1.13. The molecule has 0 saturated heterocycles. The van der Waals surface area contributed by atoms with Crippen LogP contribution in [0, 0.1) is 5.82 Å². The van der Waals surface area contributed by atoms with Crippen LogP contribution < -0.4 is 10.1 Å². The Bertz CT molecular complexity index is 369. The van der Waals surface area contributed by atoms with Crippen LogP contribution in [0.25, 0.3) is 0 Å². The quantitative estimate of drug-likeness (QED) is 0.756. The van der Waals surface area contributed by atoms with Gasteiger partial charge in [-0.25, -0.2) is 4.39 Å². The Morgan fingerprint density at radius 1 is 1.39 bits per heavy atom. The maximum absolute atomic E-state index is 13.8. The highest BCUT2D eigenvalue weighted by Gasteiger charge is 2.15. The van der Waals surface area contributed by atoms with E-state index >= 15 is 0 Å². The molecule has 0 fully saturated rings. The molecule has 1 N–H and O–H groups in total. The fourth-order valence-corrected chi connectivity index (χ4v) is 1.93. The topological polar surface area (TPSA) is 24.5 Å². The van der Waals surface area contributed by atoms with Crippen molar-refractivity contribution >= 4 is 0 Å². The number of hydrogen-bond acceptors (Lipinski definition) is 3. The summed E-state index contributed by atoms with van der Waals surface area (Å²) in [5.74, 6) is 0.379. The van der Waals surface area contributed by atoms with Gasteiger partial charge in [0, 0.05) is 11.6 Å². The maximum Gasteiger partial charge on any atom is 0.131 e. The minimum atomic E-state index is -0.220. The summed E-state index contributed by atoms with van der Waals surface area (Å²) in [4.78, 5) is 2.13. The van der Waals surface area contributed by atoms with Gasteiger partial charge in [-0.05, 0) is 52.7 Å². The average molecular weight is 254 g/mol. The normalized spacial score (nSPS) is 12.8. The van der Waals surface area contributed by atoms with Crippen LogP contribution in [0.2, 0.25) is 0 Å². The third-order valence-electron chi connectivity index (χ3n) is 2.90. The summed E-state index contributed by atoms with van der Waals surface area (Å²) in [6.07, 6.45) is 1.04. The highest BCUT2D eigenvalue weighted by atomic mass is 19.1. The summed E-state index contributed by atoms with van der Waals surface area (Å²) in [5, 5.41) is 3.32. The van der Waals surface area contributed by atoms with Gasteiger partial charge in [0.2, 0.25) is 0 Å². The van der Waals surface area contributed by atoms with Crippen LogP contribution in [0.4, 0.5) is 4.39 Å². The Morgan fingerprint density at radius 3 is 2.72 bits per heavy atom. The lowest BCUT2D eigenvalue weighted by Crippen LogP contribution is -2.24. The summed E-state index contributed by atoms with van der Waals surface area (Å²) in [5.41, 5.74) is 0.602. The Kier molecular flexibility index (Phi) is 6.09. The molecule has 3 nitrogen and oxygen atoms in total. The van der Waals surface area contributed by atoms with E-state index in [-0.39, 0.29) is 11.9 Å². The molecule has 0 heterocycles. The number of methoxy groups -OCH3 is 1. The molecule has 0 aliphatic heterocycles. The number of nitrogens with one attached hydrogen (secondary N) is 1. The van der Waals surface area contributed by atoms with E-state index < -0.39 is 0 Å². The van der Waals surface area contributed by atoms with Crippen molar-refractivity contribution < 1.29 is 9.13 Å². The van der Waals surface area contributed by atoms with Crippen molar-refractivity contribution in [1.82, 2.24) is 10.2 Å². The first-order valence-corrected chi connectivity index (χ1v) is 6.26. The van der Waals surface area contributed by atoms with Gasteiger partial charge in [-0.3, -0.25) is 0 Å². The molecule has 0 saturated carbocycles. The molecule has 1 rings (SSSR count). The molecule has 0 aliphatic rings. The van der Waals surface area contributed by atoms with Crippen LogP contribution in [-0.2, 0) is 0 Å². The lowest BCUT2D eigenvalue weighted by molar-refractivity contribution is 0.378. The molecule has 0 aromatic heterocycles. The number of ether oxygens (including phenoxy) is 1.